The second-order valence-corrected chi connectivity index (χ2v) is 9.32. The zero-order valence-electron chi connectivity index (χ0n) is 16.4. The Bertz CT molecular complexity index is 1150. The maximum Gasteiger partial charge on any atom is 0.340 e. The Morgan fingerprint density at radius 3 is 2.50 bits per heavy atom. The lowest BCUT2D eigenvalue weighted by atomic mass is 9.82. The van der Waals surface area contributed by atoms with E-state index < -0.39 is 11.0 Å². The van der Waals surface area contributed by atoms with Gasteiger partial charge in [0.15, 0.2) is 11.4 Å². The summed E-state index contributed by atoms with van der Waals surface area (Å²) < 4.78 is 5.81. The summed E-state index contributed by atoms with van der Waals surface area (Å²) in [6, 6.07) is 16.1. The van der Waals surface area contributed by atoms with Crippen LogP contribution in [0.25, 0.3) is 11.1 Å². The molecular formula is C25H21NO3S. The van der Waals surface area contributed by atoms with Crippen molar-refractivity contribution in [2.75, 3.05) is 13.1 Å². The molecule has 1 N–H and O–H groups in total. The van der Waals surface area contributed by atoms with Gasteiger partial charge in [-0.15, -0.1) is 0 Å². The van der Waals surface area contributed by atoms with E-state index in [9.17, 15) is 9.59 Å². The van der Waals surface area contributed by atoms with Crippen LogP contribution in [0.1, 0.15) is 51.1 Å². The summed E-state index contributed by atoms with van der Waals surface area (Å²) in [5, 5.41) is 7.48. The van der Waals surface area contributed by atoms with Crippen LogP contribution < -0.4 is 5.32 Å². The number of esters is 1. The molecule has 1 spiro atoms. The molecule has 150 valence electrons. The first-order valence-corrected chi connectivity index (χ1v) is 11.3. The summed E-state index contributed by atoms with van der Waals surface area (Å²) >= 11 is 1.68. The Hall–Kier alpha value is -2.76. The maximum atomic E-state index is 13.7. The average Bonchev–Trinajstić information content (AvgIpc) is 3.10. The third kappa shape index (κ3) is 2.49. The van der Waals surface area contributed by atoms with Crippen LogP contribution in [-0.2, 0) is 15.8 Å². The van der Waals surface area contributed by atoms with E-state index in [2.05, 4.69) is 46.4 Å². The molecule has 1 atom stereocenters. The minimum atomic E-state index is -0.610. The molecule has 6 rings (SSSR count). The fraction of sp³-hybridized carbons (Fsp3) is 0.280. The van der Waals surface area contributed by atoms with Crippen LogP contribution in [-0.4, -0.2) is 24.8 Å². The lowest BCUT2D eigenvalue weighted by Crippen LogP contribution is -2.28. The molecule has 2 fully saturated rings. The van der Waals surface area contributed by atoms with Gasteiger partial charge in [-0.3, -0.25) is 4.79 Å². The summed E-state index contributed by atoms with van der Waals surface area (Å²) in [4.78, 5) is 26.5. The standard InChI is InChI=1S/C25H21NO3S/c27-22(19-2-1-3-20-21(19)23(28)29-25(20)11-12-26-15-25)24(9-10-24)18-6-4-16(5-7-18)17-8-13-30-14-17/h1-8,13-14,26H,9-12,15H2. The molecule has 5 heteroatoms. The molecule has 1 saturated heterocycles. The number of benzene rings is 2. The van der Waals surface area contributed by atoms with E-state index in [0.717, 1.165) is 42.5 Å². The smallest absolute Gasteiger partial charge is 0.340 e. The SMILES string of the molecule is O=C1OC2(CCNC2)c2cccc(C(=O)C3(c4ccc(-c5ccsc5)cc4)CC3)c21. The predicted molar refractivity (Wildman–Crippen MR) is 116 cm³/mol. The van der Waals surface area contributed by atoms with Crippen molar-refractivity contribution in [3.05, 3.63) is 81.5 Å². The van der Waals surface area contributed by atoms with E-state index in [1.165, 1.54) is 5.56 Å². The van der Waals surface area contributed by atoms with Crippen LogP contribution in [0, 0.1) is 0 Å². The van der Waals surface area contributed by atoms with Crippen LogP contribution in [0.3, 0.4) is 0 Å². The number of ketones is 1. The number of hydrogen-bond donors (Lipinski definition) is 1. The molecule has 3 aromatic rings. The van der Waals surface area contributed by atoms with Crippen molar-refractivity contribution in [2.24, 2.45) is 0 Å². The van der Waals surface area contributed by atoms with Gasteiger partial charge in [0.2, 0.25) is 0 Å². The van der Waals surface area contributed by atoms with Gasteiger partial charge in [-0.1, -0.05) is 42.5 Å². The van der Waals surface area contributed by atoms with Crippen molar-refractivity contribution < 1.29 is 14.3 Å². The fourth-order valence-electron chi connectivity index (χ4n) is 5.05. The van der Waals surface area contributed by atoms with Crippen molar-refractivity contribution >= 4 is 23.1 Å². The number of thiophene rings is 1. The van der Waals surface area contributed by atoms with E-state index in [1.807, 2.05) is 12.1 Å². The maximum absolute atomic E-state index is 13.7. The minimum absolute atomic E-state index is 0.0441. The number of ether oxygens (including phenoxy) is 1. The highest BCUT2D eigenvalue weighted by Crippen LogP contribution is 2.52. The molecule has 0 radical (unpaired) electrons. The van der Waals surface area contributed by atoms with E-state index >= 15 is 0 Å². The molecule has 1 aromatic heterocycles. The number of carbonyl (C=O) groups excluding carboxylic acids is 2. The highest BCUT2D eigenvalue weighted by molar-refractivity contribution is 7.08. The second-order valence-electron chi connectivity index (χ2n) is 8.54. The Morgan fingerprint density at radius 2 is 1.83 bits per heavy atom. The summed E-state index contributed by atoms with van der Waals surface area (Å²) in [7, 11) is 0. The third-order valence-corrected chi connectivity index (χ3v) is 7.57. The zero-order chi connectivity index (χ0) is 20.3. The molecule has 30 heavy (non-hydrogen) atoms. The van der Waals surface area contributed by atoms with Crippen molar-refractivity contribution in [2.45, 2.75) is 30.3 Å². The van der Waals surface area contributed by atoms with Crippen molar-refractivity contribution in [3.63, 3.8) is 0 Å². The molecule has 3 aliphatic rings. The number of carbonyl (C=O) groups is 2. The first kappa shape index (κ1) is 18.0. The van der Waals surface area contributed by atoms with Crippen molar-refractivity contribution in [3.8, 4) is 11.1 Å². The lowest BCUT2D eigenvalue weighted by Gasteiger charge is -2.22. The molecule has 1 unspecified atom stereocenters. The van der Waals surface area contributed by atoms with Gasteiger partial charge in [-0.2, -0.15) is 11.3 Å². The summed E-state index contributed by atoms with van der Waals surface area (Å²) in [5.74, 6) is -0.316. The third-order valence-electron chi connectivity index (χ3n) is 6.88. The molecular weight excluding hydrogens is 394 g/mol. The summed E-state index contributed by atoms with van der Waals surface area (Å²) in [6.45, 7) is 1.42. The molecule has 0 bridgehead atoms. The van der Waals surface area contributed by atoms with Crippen molar-refractivity contribution in [1.29, 1.82) is 0 Å². The first-order chi connectivity index (χ1) is 14.6. The van der Waals surface area contributed by atoms with Crippen LogP contribution in [0.2, 0.25) is 0 Å². The number of nitrogens with one attached hydrogen (secondary N) is 1. The largest absolute Gasteiger partial charge is 0.449 e. The van der Waals surface area contributed by atoms with E-state index in [1.54, 1.807) is 17.4 Å². The number of rotatable bonds is 4. The van der Waals surface area contributed by atoms with Gasteiger partial charge in [-0.25, -0.2) is 4.79 Å². The minimum Gasteiger partial charge on any atom is -0.449 e. The molecule has 4 nitrogen and oxygen atoms in total. The topological polar surface area (TPSA) is 55.4 Å². The van der Waals surface area contributed by atoms with Gasteiger partial charge in [0.05, 0.1) is 11.0 Å². The van der Waals surface area contributed by atoms with Crippen molar-refractivity contribution in [1.82, 2.24) is 5.32 Å². The molecule has 0 amide bonds. The lowest BCUT2D eigenvalue weighted by molar-refractivity contribution is 0.00158. The number of fused-ring (bicyclic) bond motifs is 2. The summed E-state index contributed by atoms with van der Waals surface area (Å²) in [5.41, 5.74) is 4.12. The Morgan fingerprint density at radius 1 is 1.00 bits per heavy atom. The Balaban J connectivity index is 1.38. The van der Waals surface area contributed by atoms with Crippen LogP contribution in [0.15, 0.2) is 59.3 Å². The molecule has 1 aliphatic carbocycles. The summed E-state index contributed by atoms with van der Waals surface area (Å²) in [6.07, 6.45) is 2.38. The van der Waals surface area contributed by atoms with Crippen LogP contribution >= 0.6 is 11.3 Å². The zero-order valence-corrected chi connectivity index (χ0v) is 17.3. The van der Waals surface area contributed by atoms with Gasteiger partial charge in [0, 0.05) is 24.1 Å². The van der Waals surface area contributed by atoms with Gasteiger partial charge in [0.1, 0.15) is 0 Å². The second kappa shape index (κ2) is 6.37. The monoisotopic (exact) mass is 415 g/mol. The number of hydrogen-bond acceptors (Lipinski definition) is 5. The number of Topliss-reactive ketones (excluding diaryl/α,β-unsaturated/α-hetero) is 1. The molecule has 1 saturated carbocycles. The van der Waals surface area contributed by atoms with E-state index in [-0.39, 0.29) is 11.8 Å². The van der Waals surface area contributed by atoms with E-state index in [0.29, 0.717) is 17.7 Å². The first-order valence-electron chi connectivity index (χ1n) is 10.4. The molecule has 2 aliphatic heterocycles. The van der Waals surface area contributed by atoms with Crippen LogP contribution in [0.4, 0.5) is 0 Å². The Kier molecular flexibility index (Phi) is 3.83. The van der Waals surface area contributed by atoms with Gasteiger partial charge < -0.3 is 10.1 Å². The molecule has 3 heterocycles. The van der Waals surface area contributed by atoms with Gasteiger partial charge in [0.25, 0.3) is 0 Å². The molecule has 2 aromatic carbocycles. The average molecular weight is 416 g/mol. The highest BCUT2D eigenvalue weighted by Gasteiger charge is 2.54. The highest BCUT2D eigenvalue weighted by atomic mass is 32.1. The fourth-order valence-corrected chi connectivity index (χ4v) is 5.72. The predicted octanol–water partition coefficient (Wildman–Crippen LogP) is 4.69. The van der Waals surface area contributed by atoms with Crippen LogP contribution in [0.5, 0.6) is 0 Å². The quantitative estimate of drug-likeness (QED) is 0.496. The van der Waals surface area contributed by atoms with Gasteiger partial charge in [-0.05, 0) is 52.9 Å². The van der Waals surface area contributed by atoms with E-state index in [4.69, 9.17) is 4.74 Å². The Labute approximate surface area is 178 Å². The normalized spacial score (nSPS) is 23.4. The van der Waals surface area contributed by atoms with Gasteiger partial charge >= 0.3 is 5.97 Å².